The average molecular weight is 432 g/mol. The van der Waals surface area contributed by atoms with Gasteiger partial charge in [0, 0.05) is 31.0 Å². The summed E-state index contributed by atoms with van der Waals surface area (Å²) in [5.74, 6) is 0.588. The molecule has 3 heterocycles. The van der Waals surface area contributed by atoms with Gasteiger partial charge < -0.3 is 14.7 Å². The van der Waals surface area contributed by atoms with E-state index in [0.29, 0.717) is 61.1 Å². The Bertz CT molecular complexity index is 1190. The molecule has 10 heteroatoms. The maximum Gasteiger partial charge on any atom is 0.229 e. The first kappa shape index (κ1) is 20.5. The van der Waals surface area contributed by atoms with Gasteiger partial charge in [-0.1, -0.05) is 19.1 Å². The largest absolute Gasteiger partial charge is 0.508 e. The third-order valence-corrected chi connectivity index (χ3v) is 6.22. The summed E-state index contributed by atoms with van der Waals surface area (Å²) in [6, 6.07) is 6.57. The molecule has 0 bridgehead atoms. The Hall–Kier alpha value is -2.72. The van der Waals surface area contributed by atoms with E-state index in [9.17, 15) is 13.5 Å². The molecule has 0 aliphatic carbocycles. The van der Waals surface area contributed by atoms with Gasteiger partial charge >= 0.3 is 0 Å². The molecular weight excluding hydrogens is 406 g/mol. The summed E-state index contributed by atoms with van der Waals surface area (Å²) in [5.41, 5.74) is 2.01. The number of phenols is 1. The Morgan fingerprint density at radius 3 is 2.57 bits per heavy atom. The number of imidazole rings is 1. The van der Waals surface area contributed by atoms with Crippen LogP contribution in [0.4, 0.5) is 5.95 Å². The van der Waals surface area contributed by atoms with Crippen LogP contribution >= 0.6 is 0 Å². The number of aromatic nitrogens is 4. The van der Waals surface area contributed by atoms with Crippen LogP contribution in [0.25, 0.3) is 22.4 Å². The molecule has 4 rings (SSSR count). The summed E-state index contributed by atoms with van der Waals surface area (Å²) in [6.45, 7) is 6.36. The van der Waals surface area contributed by atoms with Crippen LogP contribution in [0.5, 0.6) is 5.75 Å². The maximum absolute atomic E-state index is 12.5. The fraction of sp³-hybridized carbons (Fsp3) is 0.450. The van der Waals surface area contributed by atoms with Gasteiger partial charge in [-0.15, -0.1) is 0 Å². The van der Waals surface area contributed by atoms with Crippen molar-refractivity contribution in [1.82, 2.24) is 19.5 Å². The zero-order valence-corrected chi connectivity index (χ0v) is 18.1. The van der Waals surface area contributed by atoms with Crippen molar-refractivity contribution in [1.29, 1.82) is 0 Å². The molecule has 1 saturated heterocycles. The molecule has 3 aromatic rings. The number of anilines is 1. The number of phenolic OH excluding ortho intramolecular Hbond substituents is 1. The first-order valence-electron chi connectivity index (χ1n) is 9.91. The van der Waals surface area contributed by atoms with Crippen molar-refractivity contribution in [2.24, 2.45) is 0 Å². The normalized spacial score (nSPS) is 16.2. The molecule has 160 valence electrons. The average Bonchev–Trinajstić information content (AvgIpc) is 3.13. The molecule has 0 radical (unpaired) electrons. The van der Waals surface area contributed by atoms with Crippen molar-refractivity contribution in [3.63, 3.8) is 0 Å². The first-order valence-corrected chi connectivity index (χ1v) is 11.8. The van der Waals surface area contributed by atoms with Gasteiger partial charge in [0.15, 0.2) is 5.65 Å². The zero-order valence-electron chi connectivity index (χ0n) is 17.2. The predicted octanol–water partition coefficient (Wildman–Crippen LogP) is 2.41. The van der Waals surface area contributed by atoms with Crippen molar-refractivity contribution < 1.29 is 18.3 Å². The SMILES string of the molecule is CCC(C)n1c(S(C)(=O)=O)nc2c(-c3cccc(O)c3)nc(N3CCOCC3)nc21. The number of hydrogen-bond donors (Lipinski definition) is 1. The van der Waals surface area contributed by atoms with E-state index in [0.717, 1.165) is 6.26 Å². The van der Waals surface area contributed by atoms with Gasteiger partial charge in [-0.25, -0.2) is 18.4 Å². The monoisotopic (exact) mass is 431 g/mol. The number of morpholine rings is 1. The third-order valence-electron chi connectivity index (χ3n) is 5.27. The highest BCUT2D eigenvalue weighted by Gasteiger charge is 2.27. The van der Waals surface area contributed by atoms with Crippen molar-refractivity contribution in [2.75, 3.05) is 37.5 Å². The molecule has 0 spiro atoms. The lowest BCUT2D eigenvalue weighted by atomic mass is 10.1. The van der Waals surface area contributed by atoms with E-state index in [1.54, 1.807) is 22.8 Å². The fourth-order valence-electron chi connectivity index (χ4n) is 3.54. The number of ether oxygens (including phenoxy) is 1. The Morgan fingerprint density at radius 1 is 1.20 bits per heavy atom. The molecule has 1 unspecified atom stereocenters. The van der Waals surface area contributed by atoms with Crippen LogP contribution in [0.3, 0.4) is 0 Å². The van der Waals surface area contributed by atoms with Gasteiger partial charge in [-0.3, -0.25) is 4.57 Å². The topological polar surface area (TPSA) is 110 Å². The van der Waals surface area contributed by atoms with Gasteiger partial charge in [0.05, 0.1) is 13.2 Å². The van der Waals surface area contributed by atoms with Gasteiger partial charge in [0.2, 0.25) is 20.9 Å². The van der Waals surface area contributed by atoms with E-state index in [-0.39, 0.29) is 16.9 Å². The maximum atomic E-state index is 12.5. The Balaban J connectivity index is 2.06. The second-order valence-corrected chi connectivity index (χ2v) is 9.40. The minimum Gasteiger partial charge on any atom is -0.508 e. The summed E-state index contributed by atoms with van der Waals surface area (Å²) >= 11 is 0. The minimum absolute atomic E-state index is 0.0262. The van der Waals surface area contributed by atoms with Crippen LogP contribution in [-0.4, -0.2) is 65.6 Å². The molecule has 9 nitrogen and oxygen atoms in total. The summed E-state index contributed by atoms with van der Waals surface area (Å²) < 4.78 is 32.2. The molecule has 0 saturated carbocycles. The van der Waals surface area contributed by atoms with Crippen LogP contribution in [0.1, 0.15) is 26.3 Å². The lowest BCUT2D eigenvalue weighted by Crippen LogP contribution is -2.37. The van der Waals surface area contributed by atoms with Crippen LogP contribution in [0, 0.1) is 0 Å². The number of nitrogens with zero attached hydrogens (tertiary/aromatic N) is 5. The Kier molecular flexibility index (Phi) is 5.37. The Labute approximate surface area is 175 Å². The highest BCUT2D eigenvalue weighted by molar-refractivity contribution is 7.90. The van der Waals surface area contributed by atoms with Gasteiger partial charge in [0.25, 0.3) is 0 Å². The minimum atomic E-state index is -3.59. The molecule has 1 aliphatic rings. The molecule has 1 fully saturated rings. The fourth-order valence-corrected chi connectivity index (χ4v) is 4.42. The molecular formula is C20H25N5O4S. The highest BCUT2D eigenvalue weighted by atomic mass is 32.2. The molecule has 1 aliphatic heterocycles. The van der Waals surface area contributed by atoms with E-state index in [1.165, 1.54) is 0 Å². The zero-order chi connectivity index (χ0) is 21.5. The summed E-state index contributed by atoms with van der Waals surface area (Å²) in [5, 5.41) is 9.96. The molecule has 0 amide bonds. The van der Waals surface area contributed by atoms with Gasteiger partial charge in [-0.05, 0) is 25.5 Å². The number of sulfone groups is 1. The second kappa shape index (κ2) is 7.84. The van der Waals surface area contributed by atoms with Gasteiger partial charge in [-0.2, -0.15) is 4.98 Å². The van der Waals surface area contributed by atoms with Crippen molar-refractivity contribution in [2.45, 2.75) is 31.5 Å². The van der Waals surface area contributed by atoms with E-state index < -0.39 is 9.84 Å². The smallest absolute Gasteiger partial charge is 0.229 e. The van der Waals surface area contributed by atoms with E-state index >= 15 is 0 Å². The number of benzene rings is 1. The standard InChI is InChI=1S/C20H25N5O4S/c1-4-13(2)25-18-17(22-20(25)30(3,27)28)16(14-6-5-7-15(26)12-14)21-19(23-18)24-8-10-29-11-9-24/h5-7,12-13,26H,4,8-11H2,1-3H3. The van der Waals surface area contributed by atoms with Crippen LogP contribution in [0.15, 0.2) is 29.4 Å². The molecule has 1 aromatic carbocycles. The van der Waals surface area contributed by atoms with E-state index in [4.69, 9.17) is 14.7 Å². The van der Waals surface area contributed by atoms with Crippen LogP contribution in [-0.2, 0) is 14.6 Å². The van der Waals surface area contributed by atoms with Crippen LogP contribution in [0.2, 0.25) is 0 Å². The number of fused-ring (bicyclic) bond motifs is 1. The predicted molar refractivity (Wildman–Crippen MR) is 114 cm³/mol. The molecule has 1 atom stereocenters. The number of aromatic hydroxyl groups is 1. The molecule has 2 aromatic heterocycles. The summed E-state index contributed by atoms with van der Waals surface area (Å²) in [7, 11) is -3.59. The second-order valence-electron chi connectivity index (χ2n) is 7.49. The third kappa shape index (κ3) is 3.72. The van der Waals surface area contributed by atoms with Crippen molar-refractivity contribution >= 4 is 26.9 Å². The number of hydrogen-bond acceptors (Lipinski definition) is 8. The number of rotatable bonds is 5. The van der Waals surface area contributed by atoms with E-state index in [2.05, 4.69) is 4.98 Å². The quantitative estimate of drug-likeness (QED) is 0.656. The van der Waals surface area contributed by atoms with Gasteiger partial charge in [0.1, 0.15) is 17.0 Å². The van der Waals surface area contributed by atoms with Crippen molar-refractivity contribution in [3.8, 4) is 17.0 Å². The first-order chi connectivity index (χ1) is 14.3. The molecule has 1 N–H and O–H groups in total. The summed E-state index contributed by atoms with van der Waals surface area (Å²) in [6.07, 6.45) is 1.86. The summed E-state index contributed by atoms with van der Waals surface area (Å²) in [4.78, 5) is 16.0. The Morgan fingerprint density at radius 2 is 1.93 bits per heavy atom. The molecule has 30 heavy (non-hydrogen) atoms. The van der Waals surface area contributed by atoms with E-state index in [1.807, 2.05) is 24.8 Å². The lowest BCUT2D eigenvalue weighted by molar-refractivity contribution is 0.122. The van der Waals surface area contributed by atoms with Crippen LogP contribution < -0.4 is 4.90 Å². The highest BCUT2D eigenvalue weighted by Crippen LogP contribution is 2.33. The lowest BCUT2D eigenvalue weighted by Gasteiger charge is -2.27. The van der Waals surface area contributed by atoms with Crippen molar-refractivity contribution in [3.05, 3.63) is 24.3 Å².